The lowest BCUT2D eigenvalue weighted by molar-refractivity contribution is 0.106. The number of Topliss-reactive ketones (excluding diaryl/α,β-unsaturated/α-hetero) is 1. The summed E-state index contributed by atoms with van der Waals surface area (Å²) in [5, 5.41) is 11.3. The summed E-state index contributed by atoms with van der Waals surface area (Å²) >= 11 is 0. The highest BCUT2D eigenvalue weighted by molar-refractivity contribution is 6.56. The predicted molar refractivity (Wildman–Crippen MR) is 103 cm³/mol. The third kappa shape index (κ3) is 2.31. The highest BCUT2D eigenvalue weighted by Crippen LogP contribution is 2.46. The summed E-state index contributed by atoms with van der Waals surface area (Å²) in [7, 11) is 5.99. The number of aromatic hydroxyl groups is 1. The molecule has 1 aromatic heterocycles. The Labute approximate surface area is 160 Å². The number of benzene rings is 2. The second kappa shape index (κ2) is 6.49. The lowest BCUT2D eigenvalue weighted by Crippen LogP contribution is -2.12. The molecule has 2 N–H and O–H groups in total. The van der Waals surface area contributed by atoms with E-state index < -0.39 is 0 Å². The third-order valence-corrected chi connectivity index (χ3v) is 4.74. The lowest BCUT2D eigenvalue weighted by Gasteiger charge is -2.08. The molecule has 28 heavy (non-hydrogen) atoms. The van der Waals surface area contributed by atoms with Gasteiger partial charge in [0.25, 0.3) is 0 Å². The van der Waals surface area contributed by atoms with Gasteiger partial charge in [0.05, 0.1) is 44.9 Å². The van der Waals surface area contributed by atoms with Gasteiger partial charge < -0.3 is 29.0 Å². The molecular formula is C20H18N2O6. The standard InChI is InChI=1S/C20H18N2O6/c1-25-9-5-7-11(27-3)15-13(9)19(23)17(21-15)18-20(24)14-10(26-2)6-8-12(28-4)16(14)22-18/h5-8,21,23H,1-4H3. The van der Waals surface area contributed by atoms with E-state index in [1.165, 1.54) is 28.4 Å². The average molecular weight is 382 g/mol. The maximum atomic E-state index is 13.1. The quantitative estimate of drug-likeness (QED) is 0.702. The van der Waals surface area contributed by atoms with Gasteiger partial charge in [0.1, 0.15) is 40.1 Å². The summed E-state index contributed by atoms with van der Waals surface area (Å²) < 4.78 is 21.3. The van der Waals surface area contributed by atoms with E-state index >= 15 is 0 Å². The van der Waals surface area contributed by atoms with Crippen molar-refractivity contribution in [2.24, 2.45) is 4.99 Å². The number of hydrogen-bond donors (Lipinski definition) is 2. The molecule has 0 unspecified atom stereocenters. The molecule has 3 aromatic rings. The van der Waals surface area contributed by atoms with Gasteiger partial charge in [-0.25, -0.2) is 4.99 Å². The van der Waals surface area contributed by atoms with Gasteiger partial charge in [-0.2, -0.15) is 0 Å². The molecule has 2 aromatic carbocycles. The highest BCUT2D eigenvalue weighted by atomic mass is 16.5. The zero-order valence-corrected chi connectivity index (χ0v) is 15.7. The maximum absolute atomic E-state index is 13.1. The Hall–Kier alpha value is -3.68. The fourth-order valence-corrected chi connectivity index (χ4v) is 3.41. The fourth-order valence-electron chi connectivity index (χ4n) is 3.41. The fraction of sp³-hybridized carbons (Fsp3) is 0.200. The minimum Gasteiger partial charge on any atom is -0.505 e. The first kappa shape index (κ1) is 17.7. The number of ketones is 1. The van der Waals surface area contributed by atoms with E-state index in [1.54, 1.807) is 24.3 Å². The van der Waals surface area contributed by atoms with Gasteiger partial charge in [0.2, 0.25) is 5.78 Å². The first-order valence-electron chi connectivity index (χ1n) is 8.40. The second-order valence-electron chi connectivity index (χ2n) is 6.05. The molecule has 0 radical (unpaired) electrons. The largest absolute Gasteiger partial charge is 0.505 e. The number of aromatic amines is 1. The summed E-state index contributed by atoms with van der Waals surface area (Å²) in [6, 6.07) is 6.71. The van der Waals surface area contributed by atoms with Crippen LogP contribution in [0, 0.1) is 0 Å². The van der Waals surface area contributed by atoms with Crippen LogP contribution in [0.5, 0.6) is 28.7 Å². The molecule has 0 saturated carbocycles. The number of hydrogen-bond acceptors (Lipinski definition) is 7. The van der Waals surface area contributed by atoms with Crippen molar-refractivity contribution in [3.63, 3.8) is 0 Å². The van der Waals surface area contributed by atoms with E-state index in [4.69, 9.17) is 18.9 Å². The van der Waals surface area contributed by atoms with Crippen LogP contribution in [-0.2, 0) is 0 Å². The Kier molecular flexibility index (Phi) is 4.11. The number of nitrogens with one attached hydrogen (secondary N) is 1. The highest BCUT2D eigenvalue weighted by Gasteiger charge is 2.35. The summed E-state index contributed by atoms with van der Waals surface area (Å²) in [5.41, 5.74) is 1.37. The van der Waals surface area contributed by atoms with Crippen LogP contribution in [-0.4, -0.2) is 50.0 Å². The first-order chi connectivity index (χ1) is 13.5. The van der Waals surface area contributed by atoms with Crippen LogP contribution in [0.4, 0.5) is 5.69 Å². The molecule has 1 aliphatic heterocycles. The minimum absolute atomic E-state index is 0.0515. The third-order valence-electron chi connectivity index (χ3n) is 4.74. The van der Waals surface area contributed by atoms with Crippen molar-refractivity contribution >= 4 is 28.1 Å². The Bertz CT molecular complexity index is 1150. The lowest BCUT2D eigenvalue weighted by atomic mass is 10.0. The molecule has 0 atom stereocenters. The number of H-pyrrole nitrogens is 1. The molecule has 2 heterocycles. The molecule has 4 rings (SSSR count). The van der Waals surface area contributed by atoms with Crippen molar-refractivity contribution in [1.82, 2.24) is 4.98 Å². The monoisotopic (exact) mass is 382 g/mol. The SMILES string of the molecule is COc1ccc(OC)c2c1N=C(c1[nH]c3c(OC)ccc(OC)c3c1O)C2=O. The zero-order valence-electron chi connectivity index (χ0n) is 15.7. The number of carbonyl (C=O) groups is 1. The molecule has 144 valence electrons. The van der Waals surface area contributed by atoms with Crippen molar-refractivity contribution in [2.45, 2.75) is 0 Å². The number of ether oxygens (including phenoxy) is 4. The van der Waals surface area contributed by atoms with Crippen LogP contribution in [0.2, 0.25) is 0 Å². The summed E-state index contributed by atoms with van der Waals surface area (Å²) in [6.45, 7) is 0. The molecule has 0 amide bonds. The van der Waals surface area contributed by atoms with Gasteiger partial charge in [0, 0.05) is 0 Å². The number of methoxy groups -OCH3 is 4. The molecule has 8 nitrogen and oxygen atoms in total. The van der Waals surface area contributed by atoms with E-state index in [0.717, 1.165) is 0 Å². The number of fused-ring (bicyclic) bond motifs is 2. The Morgan fingerprint density at radius 1 is 0.857 bits per heavy atom. The molecule has 0 fully saturated rings. The van der Waals surface area contributed by atoms with Crippen molar-refractivity contribution in [3.8, 4) is 28.7 Å². The molecule has 0 aliphatic carbocycles. The molecular weight excluding hydrogens is 364 g/mol. The summed E-state index contributed by atoms with van der Waals surface area (Å²) in [5.74, 6) is 1.22. The number of carbonyl (C=O) groups excluding carboxylic acids is 1. The van der Waals surface area contributed by atoms with Gasteiger partial charge in [-0.1, -0.05) is 0 Å². The normalized spacial score (nSPS) is 12.7. The van der Waals surface area contributed by atoms with Crippen molar-refractivity contribution < 1.29 is 28.8 Å². The average Bonchev–Trinajstić information content (AvgIpc) is 3.24. The van der Waals surface area contributed by atoms with E-state index in [1.807, 2.05) is 0 Å². The van der Waals surface area contributed by atoms with Crippen molar-refractivity contribution in [1.29, 1.82) is 0 Å². The molecule has 0 saturated heterocycles. The minimum atomic E-state index is -0.384. The van der Waals surface area contributed by atoms with Crippen LogP contribution in [0.25, 0.3) is 10.9 Å². The summed E-state index contributed by atoms with van der Waals surface area (Å²) in [6.07, 6.45) is 0. The molecule has 8 heteroatoms. The second-order valence-corrected chi connectivity index (χ2v) is 6.05. The van der Waals surface area contributed by atoms with Crippen LogP contribution < -0.4 is 18.9 Å². The Morgan fingerprint density at radius 2 is 1.43 bits per heavy atom. The van der Waals surface area contributed by atoms with E-state index in [-0.39, 0.29) is 28.5 Å². The van der Waals surface area contributed by atoms with Crippen LogP contribution in [0.15, 0.2) is 29.3 Å². The number of nitrogens with zero attached hydrogens (tertiary/aromatic N) is 1. The number of aliphatic imine (C=N–C) groups is 1. The van der Waals surface area contributed by atoms with E-state index in [9.17, 15) is 9.90 Å². The van der Waals surface area contributed by atoms with Crippen LogP contribution >= 0.6 is 0 Å². The van der Waals surface area contributed by atoms with Gasteiger partial charge in [-0.3, -0.25) is 4.79 Å². The van der Waals surface area contributed by atoms with Crippen molar-refractivity contribution in [3.05, 3.63) is 35.5 Å². The number of aromatic nitrogens is 1. The van der Waals surface area contributed by atoms with Crippen molar-refractivity contribution in [2.75, 3.05) is 28.4 Å². The first-order valence-corrected chi connectivity index (χ1v) is 8.40. The van der Waals surface area contributed by atoms with E-state index in [0.29, 0.717) is 39.6 Å². The van der Waals surface area contributed by atoms with Gasteiger partial charge >= 0.3 is 0 Å². The van der Waals surface area contributed by atoms with Crippen LogP contribution in [0.3, 0.4) is 0 Å². The van der Waals surface area contributed by atoms with Gasteiger partial charge in [-0.05, 0) is 24.3 Å². The maximum Gasteiger partial charge on any atom is 0.219 e. The number of rotatable bonds is 5. The Morgan fingerprint density at radius 3 is 2.07 bits per heavy atom. The molecule has 1 aliphatic rings. The smallest absolute Gasteiger partial charge is 0.219 e. The van der Waals surface area contributed by atoms with E-state index in [2.05, 4.69) is 9.98 Å². The van der Waals surface area contributed by atoms with Gasteiger partial charge in [-0.15, -0.1) is 0 Å². The predicted octanol–water partition coefficient (Wildman–Crippen LogP) is 3.23. The Balaban J connectivity index is 1.97. The molecule has 0 spiro atoms. The molecule has 0 bridgehead atoms. The van der Waals surface area contributed by atoms with Crippen LogP contribution in [0.1, 0.15) is 16.1 Å². The van der Waals surface area contributed by atoms with Gasteiger partial charge in [0.15, 0.2) is 5.75 Å². The summed E-state index contributed by atoms with van der Waals surface area (Å²) in [4.78, 5) is 20.6. The topological polar surface area (TPSA) is 102 Å². The zero-order chi connectivity index (χ0) is 20.0.